The molecule has 5 aliphatic rings. The molecule has 1 unspecified atom stereocenters. The van der Waals surface area contributed by atoms with Gasteiger partial charge in [0.25, 0.3) is 0 Å². The van der Waals surface area contributed by atoms with Crippen molar-refractivity contribution in [3.8, 4) is 5.75 Å². The molecule has 0 amide bonds. The number of aliphatic carboxylic acids is 1. The Morgan fingerprint density at radius 2 is 1.59 bits per heavy atom. The van der Waals surface area contributed by atoms with E-state index in [0.29, 0.717) is 24.3 Å². The average molecular weight is 877 g/mol. The Hall–Kier alpha value is -2.95. The average Bonchev–Trinajstić information content (AvgIpc) is 3.29. The zero-order valence-electron chi connectivity index (χ0n) is 33.5. The van der Waals surface area contributed by atoms with Gasteiger partial charge < -0.3 is 34.3 Å². The number of phenolic OH excluding ortho intramolecular Hbond substituents is 1. The van der Waals surface area contributed by atoms with E-state index >= 15 is 0 Å². The predicted molar refractivity (Wildman–Crippen MR) is 203 cm³/mol. The molecule has 1 heterocycles. The minimum atomic E-state index is -5.52. The van der Waals surface area contributed by atoms with Gasteiger partial charge >= 0.3 is 38.7 Å². The minimum Gasteiger partial charge on any atom is -0.508 e. The second-order valence-electron chi connectivity index (χ2n) is 17.8. The SMILES string of the molecule is CC(C)CC(=O)O[C@H]1[C@H](O[C@@H]2C[C@@H](C(=O)O)[C@H]3CC[C@@]45C[C@@H](CC[C@H]4[C@]3(C)C2)C(C)[C@H]5O)O[C@H](COC(=O)CCc2ccc(O)cc2)[C@@H](OS(=O)(=O)O)[C@@H]1OS(=O)(=O)O. The molecule has 0 aromatic heterocycles. The molecule has 5 fully saturated rings. The molecule has 5 N–H and O–H groups in total. The number of fused-ring (bicyclic) bond motifs is 3. The number of ether oxygens (including phenoxy) is 4. The maximum Gasteiger partial charge on any atom is 0.397 e. The fraction of sp³-hybridized carbons (Fsp3) is 0.769. The molecule has 1 saturated heterocycles. The molecular weight excluding hydrogens is 821 g/mol. The molecular formula is C39H56O18S2. The molecule has 1 aromatic carbocycles. The van der Waals surface area contributed by atoms with E-state index in [2.05, 4.69) is 6.92 Å². The van der Waals surface area contributed by atoms with Crippen molar-refractivity contribution in [2.75, 3.05) is 6.61 Å². The summed E-state index contributed by atoms with van der Waals surface area (Å²) < 4.78 is 102. The van der Waals surface area contributed by atoms with Crippen LogP contribution in [-0.4, -0.2) is 109 Å². The molecule has 18 nitrogen and oxygen atoms in total. The van der Waals surface area contributed by atoms with Gasteiger partial charge in [-0.3, -0.25) is 23.5 Å². The Morgan fingerprint density at radius 1 is 0.932 bits per heavy atom. The van der Waals surface area contributed by atoms with Crippen molar-refractivity contribution in [1.29, 1.82) is 0 Å². The Bertz CT molecular complexity index is 1920. The van der Waals surface area contributed by atoms with Crippen molar-refractivity contribution in [2.45, 2.75) is 135 Å². The van der Waals surface area contributed by atoms with E-state index in [0.717, 1.165) is 19.3 Å². The molecule has 1 aliphatic heterocycles. The van der Waals surface area contributed by atoms with Gasteiger partial charge in [-0.15, -0.1) is 0 Å². The zero-order valence-corrected chi connectivity index (χ0v) is 35.1. The van der Waals surface area contributed by atoms with Crippen LogP contribution in [0.1, 0.15) is 91.0 Å². The molecule has 4 aliphatic carbocycles. The highest BCUT2D eigenvalue weighted by Gasteiger charge is 2.67. The van der Waals surface area contributed by atoms with Crippen LogP contribution in [0, 0.1) is 46.3 Å². The van der Waals surface area contributed by atoms with E-state index < -0.39 is 105 Å². The largest absolute Gasteiger partial charge is 0.508 e. The van der Waals surface area contributed by atoms with Crippen LogP contribution in [0.15, 0.2) is 24.3 Å². The number of aliphatic hydroxyl groups excluding tert-OH is 1. The number of hydrogen-bond acceptors (Lipinski definition) is 15. The highest BCUT2D eigenvalue weighted by Crippen LogP contribution is 2.71. The summed E-state index contributed by atoms with van der Waals surface area (Å²) in [5, 5.41) is 31.9. The van der Waals surface area contributed by atoms with Gasteiger partial charge in [0.05, 0.1) is 18.1 Å². The number of rotatable bonds is 15. The van der Waals surface area contributed by atoms with Gasteiger partial charge in [0.1, 0.15) is 24.6 Å². The normalized spacial score (nSPS) is 38.2. The number of aromatic hydroxyl groups is 1. The monoisotopic (exact) mass is 876 g/mol. The third-order valence-corrected chi connectivity index (χ3v) is 14.7. The number of hydrogen-bond donors (Lipinski definition) is 5. The van der Waals surface area contributed by atoms with Crippen LogP contribution < -0.4 is 0 Å². The Morgan fingerprint density at radius 3 is 2.22 bits per heavy atom. The van der Waals surface area contributed by atoms with Crippen LogP contribution in [0.4, 0.5) is 0 Å². The summed E-state index contributed by atoms with van der Waals surface area (Å²) in [5.41, 5.74) is -0.424. The number of carboxylic acid groups (broad SMARTS) is 1. The molecule has 59 heavy (non-hydrogen) atoms. The predicted octanol–water partition coefficient (Wildman–Crippen LogP) is 3.64. The van der Waals surface area contributed by atoms with E-state index in [4.69, 9.17) is 27.3 Å². The van der Waals surface area contributed by atoms with Gasteiger partial charge in [-0.1, -0.05) is 39.8 Å². The van der Waals surface area contributed by atoms with Gasteiger partial charge in [0.15, 0.2) is 18.5 Å². The molecule has 20 heteroatoms. The number of carbonyl (C=O) groups is 3. The fourth-order valence-electron chi connectivity index (χ4n) is 11.4. The highest BCUT2D eigenvalue weighted by atomic mass is 32.3. The summed E-state index contributed by atoms with van der Waals surface area (Å²) in [4.78, 5) is 39.2. The van der Waals surface area contributed by atoms with E-state index in [1.807, 2.05) is 6.92 Å². The molecule has 332 valence electrons. The highest BCUT2D eigenvalue weighted by molar-refractivity contribution is 7.81. The van der Waals surface area contributed by atoms with Crippen LogP contribution >= 0.6 is 0 Å². The third kappa shape index (κ3) is 10.1. The maximum absolute atomic E-state index is 13.2. The van der Waals surface area contributed by atoms with Gasteiger partial charge in [-0.2, -0.15) is 16.8 Å². The van der Waals surface area contributed by atoms with E-state index in [1.54, 1.807) is 26.0 Å². The lowest BCUT2D eigenvalue weighted by Crippen LogP contribution is -2.64. The molecule has 1 aromatic rings. The van der Waals surface area contributed by atoms with Crippen molar-refractivity contribution in [1.82, 2.24) is 0 Å². The number of esters is 2. The summed E-state index contributed by atoms with van der Waals surface area (Å²) in [7, 11) is -11.0. The van der Waals surface area contributed by atoms with E-state index in [9.17, 15) is 55.6 Å². The number of carbonyl (C=O) groups excluding carboxylic acids is 2. The molecule has 1 spiro atoms. The second-order valence-corrected chi connectivity index (χ2v) is 19.9. The van der Waals surface area contributed by atoms with Crippen LogP contribution in [0.5, 0.6) is 5.75 Å². The smallest absolute Gasteiger partial charge is 0.397 e. The van der Waals surface area contributed by atoms with Gasteiger partial charge in [-0.25, -0.2) is 8.37 Å². The van der Waals surface area contributed by atoms with E-state index in [-0.39, 0.29) is 61.5 Å². The van der Waals surface area contributed by atoms with Crippen LogP contribution in [0.25, 0.3) is 0 Å². The number of carboxylic acids is 1. The van der Waals surface area contributed by atoms with Crippen molar-refractivity contribution in [2.24, 2.45) is 46.3 Å². The van der Waals surface area contributed by atoms with Gasteiger partial charge in [0, 0.05) is 18.3 Å². The lowest BCUT2D eigenvalue weighted by molar-refractivity contribution is -0.316. The number of benzene rings is 1. The number of aliphatic hydroxyl groups is 1. The lowest BCUT2D eigenvalue weighted by atomic mass is 9.43. The topological polar surface area (TPSA) is 276 Å². The minimum absolute atomic E-state index is 0.0138. The van der Waals surface area contributed by atoms with Crippen molar-refractivity contribution < 1.29 is 83.0 Å². The molecule has 6 rings (SSSR count). The summed E-state index contributed by atoms with van der Waals surface area (Å²) in [6.45, 7) is 6.60. The Labute approximate surface area is 344 Å². The third-order valence-electron chi connectivity index (χ3n) is 13.7. The van der Waals surface area contributed by atoms with Crippen LogP contribution in [-0.2, 0) is 68.9 Å². The lowest BCUT2D eigenvalue weighted by Gasteiger charge is -2.62. The first-order valence-electron chi connectivity index (χ1n) is 20.2. The van der Waals surface area contributed by atoms with Crippen LogP contribution in [0.3, 0.4) is 0 Å². The number of aryl methyl sites for hydroxylation is 1. The molecule has 0 radical (unpaired) electrons. The van der Waals surface area contributed by atoms with Crippen LogP contribution in [0.2, 0.25) is 0 Å². The van der Waals surface area contributed by atoms with Crippen molar-refractivity contribution in [3.05, 3.63) is 29.8 Å². The molecule has 2 bridgehead atoms. The van der Waals surface area contributed by atoms with Crippen molar-refractivity contribution in [3.63, 3.8) is 0 Å². The second kappa shape index (κ2) is 17.4. The van der Waals surface area contributed by atoms with Gasteiger partial charge in [-0.05, 0) is 104 Å². The Kier molecular flexibility index (Phi) is 13.5. The summed E-state index contributed by atoms with van der Waals surface area (Å²) in [6, 6.07) is 6.02. The number of phenols is 1. The van der Waals surface area contributed by atoms with Gasteiger partial charge in [0.2, 0.25) is 0 Å². The molecule has 14 atom stereocenters. The first-order chi connectivity index (χ1) is 27.5. The summed E-state index contributed by atoms with van der Waals surface area (Å²) in [6.07, 6.45) is -8.12. The quantitative estimate of drug-likeness (QED) is 0.0956. The maximum atomic E-state index is 13.2. The first-order valence-corrected chi connectivity index (χ1v) is 22.9. The van der Waals surface area contributed by atoms with E-state index in [1.165, 1.54) is 12.1 Å². The first kappa shape index (κ1) is 45.6. The summed E-state index contributed by atoms with van der Waals surface area (Å²) >= 11 is 0. The Balaban J connectivity index is 1.33. The fourth-order valence-corrected chi connectivity index (χ4v) is 12.4. The molecule has 4 saturated carbocycles. The van der Waals surface area contributed by atoms with Crippen molar-refractivity contribution >= 4 is 38.7 Å². The standard InChI is InChI=1S/C39H56O18S2/c1-20(2)15-31(42)55-34-33(57-59(49,50)51)32(56-58(46,47)48)28(19-52-30(41)12-7-22-5-9-24(40)10-6-22)54-37(34)53-25-16-26(36(44)45)27-13-14-39-17-23(21(3)35(39)43)8-11-29(39)38(27,4)18-25/h5-6,9-10,20-21,23,25-29,32-35,37,40,43H,7-8,11-19H2,1-4H3,(H,44,45)(H,46,47,48)(H,49,50,51)/t21?,23-,25-,26-,27-,28-,29+,32-,33+,34-,35-,37-,38-,39-/m1/s1. The zero-order chi connectivity index (χ0) is 43.2. The summed E-state index contributed by atoms with van der Waals surface area (Å²) in [5.74, 6) is -3.94.